The van der Waals surface area contributed by atoms with Crippen molar-refractivity contribution in [3.63, 3.8) is 0 Å². The third kappa shape index (κ3) is 4.29. The smallest absolute Gasteiger partial charge is 0.238 e. The van der Waals surface area contributed by atoms with E-state index in [1.165, 1.54) is 25.0 Å². The summed E-state index contributed by atoms with van der Waals surface area (Å²) in [7, 11) is 2.11. The van der Waals surface area contributed by atoms with Gasteiger partial charge in [0, 0.05) is 18.3 Å². The zero-order chi connectivity index (χ0) is 13.7. The van der Waals surface area contributed by atoms with Gasteiger partial charge < -0.3 is 15.5 Å². The minimum atomic E-state index is -0.305. The number of anilines is 1. The first-order chi connectivity index (χ1) is 9.15. The molecule has 5 heteroatoms. The number of likely N-dealkylation sites (N-methyl/N-ethyl adjacent to an activating group) is 1. The van der Waals surface area contributed by atoms with E-state index in [1.54, 1.807) is 12.1 Å². The van der Waals surface area contributed by atoms with Crippen molar-refractivity contribution < 1.29 is 9.18 Å². The number of halogens is 1. The minimum Gasteiger partial charge on any atom is -0.325 e. The molecule has 1 atom stereocenters. The quantitative estimate of drug-likeness (QED) is 0.847. The van der Waals surface area contributed by atoms with Gasteiger partial charge in [-0.3, -0.25) is 4.79 Å². The summed E-state index contributed by atoms with van der Waals surface area (Å²) in [6, 6.07) is 6.29. The number of nitrogens with one attached hydrogen (secondary N) is 2. The van der Waals surface area contributed by atoms with Crippen LogP contribution in [0.25, 0.3) is 0 Å². The van der Waals surface area contributed by atoms with Gasteiger partial charge in [0.05, 0.1) is 6.54 Å². The Morgan fingerprint density at radius 2 is 2.16 bits per heavy atom. The fourth-order valence-corrected chi connectivity index (χ4v) is 2.33. The topological polar surface area (TPSA) is 44.4 Å². The maximum absolute atomic E-state index is 12.7. The van der Waals surface area contributed by atoms with Crippen LogP contribution in [0.3, 0.4) is 0 Å². The van der Waals surface area contributed by atoms with Crippen molar-refractivity contribution in [2.24, 2.45) is 0 Å². The maximum atomic E-state index is 12.7. The zero-order valence-electron chi connectivity index (χ0n) is 11.2. The van der Waals surface area contributed by atoms with E-state index in [1.807, 2.05) is 0 Å². The first kappa shape index (κ1) is 14.0. The summed E-state index contributed by atoms with van der Waals surface area (Å²) in [5.41, 5.74) is 0.617. The largest absolute Gasteiger partial charge is 0.325 e. The van der Waals surface area contributed by atoms with Crippen LogP contribution in [0.1, 0.15) is 12.8 Å². The van der Waals surface area contributed by atoms with E-state index in [4.69, 9.17) is 0 Å². The monoisotopic (exact) mass is 265 g/mol. The molecule has 2 rings (SSSR count). The summed E-state index contributed by atoms with van der Waals surface area (Å²) < 4.78 is 12.7. The van der Waals surface area contributed by atoms with Crippen LogP contribution >= 0.6 is 0 Å². The Hall–Kier alpha value is -1.46. The number of carbonyl (C=O) groups is 1. The third-order valence-electron chi connectivity index (χ3n) is 3.47. The van der Waals surface area contributed by atoms with E-state index >= 15 is 0 Å². The molecule has 19 heavy (non-hydrogen) atoms. The number of hydrogen-bond donors (Lipinski definition) is 2. The summed E-state index contributed by atoms with van der Waals surface area (Å²) in [5, 5.41) is 5.89. The molecule has 4 nitrogen and oxygen atoms in total. The second-order valence-corrected chi connectivity index (χ2v) is 4.96. The van der Waals surface area contributed by atoms with Crippen LogP contribution in [0.2, 0.25) is 0 Å². The highest BCUT2D eigenvalue weighted by atomic mass is 19.1. The molecular formula is C14H20FN3O. The van der Waals surface area contributed by atoms with Crippen molar-refractivity contribution in [1.82, 2.24) is 10.2 Å². The van der Waals surface area contributed by atoms with Crippen LogP contribution in [0.4, 0.5) is 10.1 Å². The Balaban J connectivity index is 1.68. The second-order valence-electron chi connectivity index (χ2n) is 4.96. The van der Waals surface area contributed by atoms with Gasteiger partial charge >= 0.3 is 0 Å². The molecule has 1 amide bonds. The number of amides is 1. The van der Waals surface area contributed by atoms with Crippen LogP contribution in [-0.4, -0.2) is 43.5 Å². The van der Waals surface area contributed by atoms with Gasteiger partial charge in [0.1, 0.15) is 5.82 Å². The number of rotatable bonds is 5. The molecule has 1 aliphatic heterocycles. The maximum Gasteiger partial charge on any atom is 0.238 e. The Kier molecular flexibility index (Phi) is 4.87. The number of hydrogen-bond acceptors (Lipinski definition) is 3. The van der Waals surface area contributed by atoms with Gasteiger partial charge in [0.15, 0.2) is 0 Å². The highest BCUT2D eigenvalue weighted by molar-refractivity contribution is 5.92. The minimum absolute atomic E-state index is 0.104. The molecular weight excluding hydrogens is 245 g/mol. The van der Waals surface area contributed by atoms with E-state index in [0.717, 1.165) is 13.1 Å². The molecule has 0 aromatic heterocycles. The van der Waals surface area contributed by atoms with Crippen LogP contribution in [0.15, 0.2) is 24.3 Å². The Labute approximate surface area is 113 Å². The second kappa shape index (κ2) is 6.63. The molecule has 2 N–H and O–H groups in total. The number of nitrogens with zero attached hydrogens (tertiary/aromatic N) is 1. The SMILES string of the molecule is CN1CCCC1CNCC(=O)Nc1ccc(F)cc1. The summed E-state index contributed by atoms with van der Waals surface area (Å²) >= 11 is 0. The molecule has 1 fully saturated rings. The van der Waals surface area contributed by atoms with Crippen LogP contribution in [-0.2, 0) is 4.79 Å². The highest BCUT2D eigenvalue weighted by Gasteiger charge is 2.20. The zero-order valence-corrected chi connectivity index (χ0v) is 11.2. The molecule has 1 aromatic carbocycles. The van der Waals surface area contributed by atoms with Crippen molar-refractivity contribution in [3.8, 4) is 0 Å². The predicted molar refractivity (Wildman–Crippen MR) is 73.6 cm³/mol. The van der Waals surface area contributed by atoms with Gasteiger partial charge in [-0.05, 0) is 50.7 Å². The standard InChI is InChI=1S/C14H20FN3O/c1-18-8-2-3-13(18)9-16-10-14(19)17-12-6-4-11(15)5-7-12/h4-7,13,16H,2-3,8-10H2,1H3,(H,17,19). The number of carbonyl (C=O) groups excluding carboxylic acids is 1. The lowest BCUT2D eigenvalue weighted by atomic mass is 10.2. The Morgan fingerprint density at radius 1 is 1.42 bits per heavy atom. The Bertz CT molecular complexity index is 421. The van der Waals surface area contributed by atoms with Crippen molar-refractivity contribution in [2.75, 3.05) is 32.0 Å². The average molecular weight is 265 g/mol. The van der Waals surface area contributed by atoms with Gasteiger partial charge in [0.25, 0.3) is 0 Å². The van der Waals surface area contributed by atoms with Crippen LogP contribution in [0, 0.1) is 5.82 Å². The summed E-state index contributed by atoms with van der Waals surface area (Å²) in [5.74, 6) is -0.410. The van der Waals surface area contributed by atoms with Crippen molar-refractivity contribution in [3.05, 3.63) is 30.1 Å². The van der Waals surface area contributed by atoms with E-state index < -0.39 is 0 Å². The molecule has 1 heterocycles. The van der Waals surface area contributed by atoms with Crippen molar-refractivity contribution >= 4 is 11.6 Å². The van der Waals surface area contributed by atoms with Gasteiger partial charge in [-0.25, -0.2) is 4.39 Å². The molecule has 0 aliphatic carbocycles. The lowest BCUT2D eigenvalue weighted by Crippen LogP contribution is -2.38. The summed E-state index contributed by atoms with van der Waals surface area (Å²) in [6.45, 7) is 2.24. The van der Waals surface area contributed by atoms with Gasteiger partial charge in [0.2, 0.25) is 5.91 Å². The molecule has 0 bridgehead atoms. The lowest BCUT2D eigenvalue weighted by molar-refractivity contribution is -0.115. The van der Waals surface area contributed by atoms with Crippen LogP contribution < -0.4 is 10.6 Å². The fraction of sp³-hybridized carbons (Fsp3) is 0.500. The molecule has 1 saturated heterocycles. The number of benzene rings is 1. The van der Waals surface area contributed by atoms with Crippen molar-refractivity contribution in [1.29, 1.82) is 0 Å². The van der Waals surface area contributed by atoms with Gasteiger partial charge in [-0.1, -0.05) is 0 Å². The Morgan fingerprint density at radius 3 is 2.79 bits per heavy atom. The normalized spacial score (nSPS) is 19.6. The molecule has 104 valence electrons. The molecule has 1 unspecified atom stereocenters. The highest BCUT2D eigenvalue weighted by Crippen LogP contribution is 2.13. The molecule has 0 saturated carbocycles. The van der Waals surface area contributed by atoms with E-state index in [-0.39, 0.29) is 18.3 Å². The first-order valence-corrected chi connectivity index (χ1v) is 6.61. The first-order valence-electron chi connectivity index (χ1n) is 6.61. The van der Waals surface area contributed by atoms with Gasteiger partial charge in [-0.2, -0.15) is 0 Å². The average Bonchev–Trinajstić information content (AvgIpc) is 2.78. The van der Waals surface area contributed by atoms with E-state index in [2.05, 4.69) is 22.6 Å². The van der Waals surface area contributed by atoms with Crippen LogP contribution in [0.5, 0.6) is 0 Å². The molecule has 1 aliphatic rings. The van der Waals surface area contributed by atoms with Gasteiger partial charge in [-0.15, -0.1) is 0 Å². The summed E-state index contributed by atoms with van der Waals surface area (Å²) in [6.07, 6.45) is 2.41. The molecule has 0 spiro atoms. The summed E-state index contributed by atoms with van der Waals surface area (Å²) in [4.78, 5) is 14.0. The molecule has 1 aromatic rings. The predicted octanol–water partition coefficient (Wildman–Crippen LogP) is 1.45. The van der Waals surface area contributed by atoms with Crippen molar-refractivity contribution in [2.45, 2.75) is 18.9 Å². The number of likely N-dealkylation sites (tertiary alicyclic amines) is 1. The molecule has 0 radical (unpaired) electrons. The van der Waals surface area contributed by atoms with E-state index in [0.29, 0.717) is 11.7 Å². The lowest BCUT2D eigenvalue weighted by Gasteiger charge is -2.19. The van der Waals surface area contributed by atoms with E-state index in [9.17, 15) is 9.18 Å². The third-order valence-corrected chi connectivity index (χ3v) is 3.47. The fourth-order valence-electron chi connectivity index (χ4n) is 2.33.